The zero-order chi connectivity index (χ0) is 14.0. The summed E-state index contributed by atoms with van der Waals surface area (Å²) in [5.74, 6) is 0.0166. The largest absolute Gasteiger partial charge is 0.375 e. The zero-order valence-electron chi connectivity index (χ0n) is 11.9. The van der Waals surface area contributed by atoms with E-state index in [1.807, 2.05) is 0 Å². The van der Waals surface area contributed by atoms with E-state index in [1.54, 1.807) is 12.3 Å². The lowest BCUT2D eigenvalue weighted by molar-refractivity contribution is -0.120. The maximum absolute atomic E-state index is 13.9. The standard InChI is InChI=1S/C16H23FN2O/c17-14-11-19-8-4-13(14)15(18)12-5-9-20-16(10-12)6-2-1-3-7-16/h4,8,11-12,15H,1-3,5-7,9-10,18H2. The molecule has 4 heteroatoms. The Hall–Kier alpha value is -1.00. The van der Waals surface area contributed by atoms with E-state index in [4.69, 9.17) is 10.5 Å². The molecule has 1 saturated heterocycles. The van der Waals surface area contributed by atoms with E-state index in [-0.39, 0.29) is 17.5 Å². The summed E-state index contributed by atoms with van der Waals surface area (Å²) in [4.78, 5) is 3.80. The third-order valence-electron chi connectivity index (χ3n) is 4.97. The predicted molar refractivity (Wildman–Crippen MR) is 75.6 cm³/mol. The average Bonchev–Trinajstić information content (AvgIpc) is 2.48. The van der Waals surface area contributed by atoms with Crippen LogP contribution in [-0.2, 0) is 4.74 Å². The number of aromatic nitrogens is 1. The van der Waals surface area contributed by atoms with Crippen LogP contribution in [0.5, 0.6) is 0 Å². The van der Waals surface area contributed by atoms with E-state index in [2.05, 4.69) is 4.98 Å². The Kier molecular flexibility index (Phi) is 4.03. The van der Waals surface area contributed by atoms with Crippen molar-refractivity contribution in [2.24, 2.45) is 11.7 Å². The fourth-order valence-corrected chi connectivity index (χ4v) is 3.83. The molecule has 1 spiro atoms. The Morgan fingerprint density at radius 1 is 1.35 bits per heavy atom. The zero-order valence-corrected chi connectivity index (χ0v) is 11.9. The number of nitrogens with zero attached hydrogens (tertiary/aromatic N) is 1. The first-order chi connectivity index (χ1) is 9.70. The second-order valence-electron chi connectivity index (χ2n) is 6.27. The molecular weight excluding hydrogens is 255 g/mol. The summed E-state index contributed by atoms with van der Waals surface area (Å²) in [5.41, 5.74) is 6.95. The van der Waals surface area contributed by atoms with Crippen LogP contribution < -0.4 is 5.73 Å². The Bertz CT molecular complexity index is 454. The lowest BCUT2D eigenvalue weighted by Crippen LogP contribution is -2.44. The van der Waals surface area contributed by atoms with Crippen LogP contribution in [0.1, 0.15) is 56.6 Å². The van der Waals surface area contributed by atoms with E-state index < -0.39 is 0 Å². The van der Waals surface area contributed by atoms with Crippen LogP contribution in [0, 0.1) is 11.7 Å². The van der Waals surface area contributed by atoms with Crippen LogP contribution in [0.25, 0.3) is 0 Å². The molecule has 2 aliphatic rings. The number of nitrogens with two attached hydrogens (primary N) is 1. The maximum Gasteiger partial charge on any atom is 0.146 e. The van der Waals surface area contributed by atoms with Gasteiger partial charge in [-0.25, -0.2) is 4.39 Å². The smallest absolute Gasteiger partial charge is 0.146 e. The molecule has 2 heterocycles. The summed E-state index contributed by atoms with van der Waals surface area (Å²) in [6, 6.07) is 1.46. The van der Waals surface area contributed by atoms with Crippen LogP contribution >= 0.6 is 0 Å². The molecular formula is C16H23FN2O. The topological polar surface area (TPSA) is 48.1 Å². The minimum Gasteiger partial charge on any atom is -0.375 e. The van der Waals surface area contributed by atoms with Crippen molar-refractivity contribution in [3.05, 3.63) is 29.8 Å². The van der Waals surface area contributed by atoms with Crippen molar-refractivity contribution in [1.29, 1.82) is 0 Å². The number of rotatable bonds is 2. The molecule has 1 aromatic heterocycles. The van der Waals surface area contributed by atoms with E-state index in [1.165, 1.54) is 25.5 Å². The number of hydrogen-bond acceptors (Lipinski definition) is 3. The van der Waals surface area contributed by atoms with Gasteiger partial charge in [0, 0.05) is 24.4 Å². The fourth-order valence-electron chi connectivity index (χ4n) is 3.83. The molecule has 110 valence electrons. The molecule has 0 amide bonds. The van der Waals surface area contributed by atoms with Crippen LogP contribution in [-0.4, -0.2) is 17.2 Å². The maximum atomic E-state index is 13.9. The van der Waals surface area contributed by atoms with E-state index in [0.29, 0.717) is 11.5 Å². The molecule has 0 radical (unpaired) electrons. The monoisotopic (exact) mass is 278 g/mol. The quantitative estimate of drug-likeness (QED) is 0.902. The molecule has 2 N–H and O–H groups in total. The molecule has 1 saturated carbocycles. The highest BCUT2D eigenvalue weighted by atomic mass is 19.1. The van der Waals surface area contributed by atoms with Gasteiger partial charge in [-0.05, 0) is 37.7 Å². The first-order valence-electron chi connectivity index (χ1n) is 7.69. The predicted octanol–water partition coefficient (Wildman–Crippen LogP) is 3.35. The second kappa shape index (κ2) is 5.78. The summed E-state index contributed by atoms with van der Waals surface area (Å²) in [7, 11) is 0. The summed E-state index contributed by atoms with van der Waals surface area (Å²) in [6.07, 6.45) is 10.8. The van der Waals surface area contributed by atoms with Gasteiger partial charge in [0.2, 0.25) is 0 Å². The van der Waals surface area contributed by atoms with Gasteiger partial charge < -0.3 is 10.5 Å². The van der Waals surface area contributed by atoms with E-state index >= 15 is 0 Å². The van der Waals surface area contributed by atoms with Gasteiger partial charge in [-0.1, -0.05) is 19.3 Å². The highest BCUT2D eigenvalue weighted by molar-refractivity contribution is 5.18. The van der Waals surface area contributed by atoms with Gasteiger partial charge in [-0.3, -0.25) is 4.98 Å². The molecule has 3 nitrogen and oxygen atoms in total. The van der Waals surface area contributed by atoms with Crippen molar-refractivity contribution in [3.63, 3.8) is 0 Å². The lowest BCUT2D eigenvalue weighted by atomic mass is 9.73. The minimum atomic E-state index is -0.288. The number of hydrogen-bond donors (Lipinski definition) is 1. The van der Waals surface area contributed by atoms with Crippen molar-refractivity contribution < 1.29 is 9.13 Å². The molecule has 0 aromatic carbocycles. The Morgan fingerprint density at radius 2 is 2.15 bits per heavy atom. The van der Waals surface area contributed by atoms with E-state index in [0.717, 1.165) is 32.3 Å². The van der Waals surface area contributed by atoms with Crippen molar-refractivity contribution >= 4 is 0 Å². The molecule has 2 unspecified atom stereocenters. The van der Waals surface area contributed by atoms with Crippen molar-refractivity contribution in [2.75, 3.05) is 6.61 Å². The third kappa shape index (κ3) is 2.72. The van der Waals surface area contributed by atoms with Crippen LogP contribution in [0.4, 0.5) is 4.39 Å². The normalized spacial score (nSPS) is 27.4. The summed E-state index contributed by atoms with van der Waals surface area (Å²) in [5, 5.41) is 0. The molecule has 2 atom stereocenters. The number of pyridine rings is 1. The van der Waals surface area contributed by atoms with Crippen molar-refractivity contribution in [2.45, 2.75) is 56.6 Å². The first-order valence-corrected chi connectivity index (χ1v) is 7.69. The number of halogens is 1. The SMILES string of the molecule is NC(c1ccncc1F)C1CCOC2(CCCCC2)C1. The van der Waals surface area contributed by atoms with Gasteiger partial charge in [-0.15, -0.1) is 0 Å². The summed E-state index contributed by atoms with van der Waals surface area (Å²) in [6.45, 7) is 0.755. The van der Waals surface area contributed by atoms with E-state index in [9.17, 15) is 4.39 Å². The van der Waals surface area contributed by atoms with Crippen molar-refractivity contribution in [1.82, 2.24) is 4.98 Å². The molecule has 1 aliphatic heterocycles. The van der Waals surface area contributed by atoms with Gasteiger partial charge in [0.15, 0.2) is 0 Å². The van der Waals surface area contributed by atoms with Crippen molar-refractivity contribution in [3.8, 4) is 0 Å². The average molecular weight is 278 g/mol. The van der Waals surface area contributed by atoms with Gasteiger partial charge in [0.05, 0.1) is 11.8 Å². The molecule has 1 aliphatic carbocycles. The lowest BCUT2D eigenvalue weighted by Gasteiger charge is -2.45. The van der Waals surface area contributed by atoms with Crippen LogP contribution in [0.15, 0.2) is 18.5 Å². The Balaban J connectivity index is 1.75. The third-order valence-corrected chi connectivity index (χ3v) is 4.97. The second-order valence-corrected chi connectivity index (χ2v) is 6.27. The van der Waals surface area contributed by atoms with Gasteiger partial charge in [0.25, 0.3) is 0 Å². The van der Waals surface area contributed by atoms with Gasteiger partial charge >= 0.3 is 0 Å². The summed E-state index contributed by atoms with van der Waals surface area (Å²) < 4.78 is 19.9. The number of ether oxygens (including phenoxy) is 1. The van der Waals surface area contributed by atoms with Gasteiger partial charge in [0.1, 0.15) is 5.82 Å². The molecule has 20 heavy (non-hydrogen) atoms. The van der Waals surface area contributed by atoms with Crippen LogP contribution in [0.2, 0.25) is 0 Å². The minimum absolute atomic E-state index is 0.0162. The molecule has 2 fully saturated rings. The molecule has 0 bridgehead atoms. The van der Waals surface area contributed by atoms with Gasteiger partial charge in [-0.2, -0.15) is 0 Å². The highest BCUT2D eigenvalue weighted by Gasteiger charge is 2.40. The fraction of sp³-hybridized carbons (Fsp3) is 0.688. The Labute approximate surface area is 119 Å². The highest BCUT2D eigenvalue weighted by Crippen LogP contribution is 2.43. The summed E-state index contributed by atoms with van der Waals surface area (Å²) >= 11 is 0. The Morgan fingerprint density at radius 3 is 2.90 bits per heavy atom. The molecule has 1 aromatic rings. The van der Waals surface area contributed by atoms with Crippen LogP contribution in [0.3, 0.4) is 0 Å². The first kappa shape index (κ1) is 14.0. The molecule has 3 rings (SSSR count).